The summed E-state index contributed by atoms with van der Waals surface area (Å²) in [5, 5.41) is 3.14. The van der Waals surface area contributed by atoms with E-state index < -0.39 is 0 Å². The Morgan fingerprint density at radius 1 is 1.29 bits per heavy atom. The van der Waals surface area contributed by atoms with Crippen LogP contribution in [0.25, 0.3) is 0 Å². The fourth-order valence-electron chi connectivity index (χ4n) is 1.46. The molecule has 0 aliphatic carbocycles. The van der Waals surface area contributed by atoms with Crippen molar-refractivity contribution in [3.8, 4) is 0 Å². The molecule has 0 bridgehead atoms. The Morgan fingerprint density at radius 2 is 2.12 bits per heavy atom. The average Bonchev–Trinajstić information content (AvgIpc) is 2.75. The van der Waals surface area contributed by atoms with E-state index in [1.165, 1.54) is 0 Å². The van der Waals surface area contributed by atoms with Gasteiger partial charge in [-0.25, -0.2) is 9.97 Å². The topological polar surface area (TPSA) is 67.9 Å². The maximum atomic E-state index is 5.48. The molecular weight excluding hydrogens is 234 g/mol. The number of hydrogen-bond donors (Lipinski definition) is 1. The first-order valence-corrected chi connectivity index (χ1v) is 6.20. The SMILES string of the molecule is Cc1nc(CN(C)c2cnc(CN)cn2)cs1. The molecule has 6 heteroatoms. The zero-order chi connectivity index (χ0) is 12.3. The first-order chi connectivity index (χ1) is 8.19. The molecule has 0 radical (unpaired) electrons. The summed E-state index contributed by atoms with van der Waals surface area (Å²) in [6, 6.07) is 0. The molecule has 0 amide bonds. The zero-order valence-corrected chi connectivity index (χ0v) is 10.7. The van der Waals surface area contributed by atoms with E-state index in [4.69, 9.17) is 5.73 Å². The second kappa shape index (κ2) is 5.20. The molecule has 0 spiro atoms. The molecule has 2 N–H and O–H groups in total. The van der Waals surface area contributed by atoms with E-state index in [0.717, 1.165) is 28.8 Å². The monoisotopic (exact) mass is 249 g/mol. The van der Waals surface area contributed by atoms with E-state index in [2.05, 4.69) is 20.3 Å². The molecule has 2 aromatic rings. The van der Waals surface area contributed by atoms with Crippen molar-refractivity contribution in [2.45, 2.75) is 20.0 Å². The maximum absolute atomic E-state index is 5.48. The molecule has 0 unspecified atom stereocenters. The first-order valence-electron chi connectivity index (χ1n) is 5.32. The second-order valence-electron chi connectivity index (χ2n) is 3.78. The third-order valence-corrected chi connectivity index (χ3v) is 3.18. The Balaban J connectivity index is 2.06. The summed E-state index contributed by atoms with van der Waals surface area (Å²) < 4.78 is 0. The molecule has 2 heterocycles. The minimum atomic E-state index is 0.419. The molecule has 0 aliphatic heterocycles. The van der Waals surface area contributed by atoms with E-state index in [9.17, 15) is 0 Å². The average molecular weight is 249 g/mol. The van der Waals surface area contributed by atoms with E-state index >= 15 is 0 Å². The van der Waals surface area contributed by atoms with E-state index in [0.29, 0.717) is 6.54 Å². The fraction of sp³-hybridized carbons (Fsp3) is 0.364. The summed E-state index contributed by atoms with van der Waals surface area (Å²) in [7, 11) is 1.97. The van der Waals surface area contributed by atoms with Crippen molar-refractivity contribution in [2.24, 2.45) is 5.73 Å². The van der Waals surface area contributed by atoms with Gasteiger partial charge in [0.05, 0.1) is 35.3 Å². The van der Waals surface area contributed by atoms with Crippen LogP contribution in [0.5, 0.6) is 0 Å². The predicted molar refractivity (Wildman–Crippen MR) is 68.9 cm³/mol. The van der Waals surface area contributed by atoms with Gasteiger partial charge in [0.25, 0.3) is 0 Å². The lowest BCUT2D eigenvalue weighted by atomic mass is 10.4. The van der Waals surface area contributed by atoms with Crippen molar-refractivity contribution in [3.63, 3.8) is 0 Å². The zero-order valence-electron chi connectivity index (χ0n) is 9.92. The molecule has 2 aromatic heterocycles. The Kier molecular flexibility index (Phi) is 3.65. The van der Waals surface area contributed by atoms with Crippen LogP contribution < -0.4 is 10.6 Å². The highest BCUT2D eigenvalue weighted by atomic mass is 32.1. The maximum Gasteiger partial charge on any atom is 0.147 e. The van der Waals surface area contributed by atoms with Crippen LogP contribution in [0.3, 0.4) is 0 Å². The summed E-state index contributed by atoms with van der Waals surface area (Å²) >= 11 is 1.66. The summed E-state index contributed by atoms with van der Waals surface area (Å²) in [6.07, 6.45) is 3.44. The molecular formula is C11H15N5S. The molecule has 90 valence electrons. The highest BCUT2D eigenvalue weighted by Gasteiger charge is 2.06. The molecule has 5 nitrogen and oxygen atoms in total. The summed E-state index contributed by atoms with van der Waals surface area (Å²) in [6.45, 7) is 3.16. The van der Waals surface area contributed by atoms with Gasteiger partial charge in [-0.2, -0.15) is 0 Å². The van der Waals surface area contributed by atoms with Gasteiger partial charge in [-0.05, 0) is 6.92 Å². The number of rotatable bonds is 4. The van der Waals surface area contributed by atoms with Crippen LogP contribution in [-0.2, 0) is 13.1 Å². The van der Waals surface area contributed by atoms with E-state index in [1.54, 1.807) is 23.7 Å². The molecule has 0 fully saturated rings. The van der Waals surface area contributed by atoms with Gasteiger partial charge in [0.1, 0.15) is 5.82 Å². The van der Waals surface area contributed by atoms with Gasteiger partial charge in [0, 0.05) is 19.0 Å². The number of nitrogens with two attached hydrogens (primary N) is 1. The summed E-state index contributed by atoms with van der Waals surface area (Å²) in [4.78, 5) is 15.0. The second-order valence-corrected chi connectivity index (χ2v) is 4.85. The first kappa shape index (κ1) is 11.9. The fourth-order valence-corrected chi connectivity index (χ4v) is 2.06. The molecule has 0 aliphatic rings. The quantitative estimate of drug-likeness (QED) is 0.885. The number of aryl methyl sites for hydroxylation is 1. The van der Waals surface area contributed by atoms with Crippen LogP contribution in [0.15, 0.2) is 17.8 Å². The number of thiazole rings is 1. The Bertz CT molecular complexity index is 479. The van der Waals surface area contributed by atoms with Crippen LogP contribution in [0.2, 0.25) is 0 Å². The third-order valence-electron chi connectivity index (χ3n) is 2.36. The van der Waals surface area contributed by atoms with Crippen LogP contribution in [0, 0.1) is 6.92 Å². The normalized spacial score (nSPS) is 10.5. The third kappa shape index (κ3) is 2.98. The molecule has 2 rings (SSSR count). The van der Waals surface area contributed by atoms with Crippen LogP contribution >= 0.6 is 11.3 Å². The van der Waals surface area contributed by atoms with Gasteiger partial charge in [0.2, 0.25) is 0 Å². The van der Waals surface area contributed by atoms with E-state index in [1.807, 2.05) is 18.9 Å². The Hall–Kier alpha value is -1.53. The smallest absolute Gasteiger partial charge is 0.147 e. The molecule has 0 atom stereocenters. The van der Waals surface area contributed by atoms with Gasteiger partial charge in [-0.1, -0.05) is 0 Å². The van der Waals surface area contributed by atoms with Gasteiger partial charge >= 0.3 is 0 Å². The minimum Gasteiger partial charge on any atom is -0.352 e. The number of aromatic nitrogens is 3. The van der Waals surface area contributed by atoms with Crippen molar-refractivity contribution < 1.29 is 0 Å². The van der Waals surface area contributed by atoms with Gasteiger partial charge < -0.3 is 10.6 Å². The number of anilines is 1. The van der Waals surface area contributed by atoms with Crippen molar-refractivity contribution in [1.82, 2.24) is 15.0 Å². The molecule has 0 saturated carbocycles. The van der Waals surface area contributed by atoms with E-state index in [-0.39, 0.29) is 0 Å². The summed E-state index contributed by atoms with van der Waals surface area (Å²) in [5.74, 6) is 0.827. The largest absolute Gasteiger partial charge is 0.352 e. The van der Waals surface area contributed by atoms with Crippen LogP contribution in [0.1, 0.15) is 16.4 Å². The highest BCUT2D eigenvalue weighted by molar-refractivity contribution is 7.09. The predicted octanol–water partition coefficient (Wildman–Crippen LogP) is 1.34. The van der Waals surface area contributed by atoms with Gasteiger partial charge in [-0.15, -0.1) is 11.3 Å². The number of hydrogen-bond acceptors (Lipinski definition) is 6. The van der Waals surface area contributed by atoms with Crippen molar-refractivity contribution in [2.75, 3.05) is 11.9 Å². The molecule has 0 aromatic carbocycles. The standard InChI is InChI=1S/C11H15N5S/c1-8-15-10(7-17-8)6-16(2)11-5-13-9(3-12)4-14-11/h4-5,7H,3,6,12H2,1-2H3. The van der Waals surface area contributed by atoms with Crippen molar-refractivity contribution >= 4 is 17.2 Å². The Labute approximate surface area is 104 Å². The lowest BCUT2D eigenvalue weighted by Crippen LogP contribution is -2.18. The van der Waals surface area contributed by atoms with Gasteiger partial charge in [-0.3, -0.25) is 4.98 Å². The summed E-state index contributed by atoms with van der Waals surface area (Å²) in [5.41, 5.74) is 7.33. The highest BCUT2D eigenvalue weighted by Crippen LogP contribution is 2.13. The van der Waals surface area contributed by atoms with Crippen LogP contribution in [0.4, 0.5) is 5.82 Å². The lowest BCUT2D eigenvalue weighted by molar-refractivity contribution is 0.853. The molecule has 17 heavy (non-hydrogen) atoms. The number of nitrogens with zero attached hydrogens (tertiary/aromatic N) is 4. The molecule has 0 saturated heterocycles. The lowest BCUT2D eigenvalue weighted by Gasteiger charge is -2.16. The van der Waals surface area contributed by atoms with Gasteiger partial charge in [0.15, 0.2) is 0 Å². The van der Waals surface area contributed by atoms with Crippen LogP contribution in [-0.4, -0.2) is 22.0 Å². The van der Waals surface area contributed by atoms with Crippen molar-refractivity contribution in [1.29, 1.82) is 0 Å². The minimum absolute atomic E-state index is 0.419. The Morgan fingerprint density at radius 3 is 2.65 bits per heavy atom. The van der Waals surface area contributed by atoms with Crippen molar-refractivity contribution in [3.05, 3.63) is 34.2 Å².